The van der Waals surface area contributed by atoms with Gasteiger partial charge in [-0.15, -0.1) is 0 Å². The van der Waals surface area contributed by atoms with Gasteiger partial charge in [0.2, 0.25) is 10.0 Å². The molecule has 1 aromatic carbocycles. The van der Waals surface area contributed by atoms with Gasteiger partial charge in [-0.1, -0.05) is 12.1 Å². The SMILES string of the molecule is NCCc1ccc(S(=O)(=O)N(CCO)CCO)cc1. The third-order valence-electron chi connectivity index (χ3n) is 2.69. The van der Waals surface area contributed by atoms with Crippen molar-refractivity contribution in [3.63, 3.8) is 0 Å². The molecule has 0 spiro atoms. The van der Waals surface area contributed by atoms with Crippen LogP contribution in [-0.4, -0.2) is 55.8 Å². The summed E-state index contributed by atoms with van der Waals surface area (Å²) < 4.78 is 25.6. The molecule has 0 saturated carbocycles. The van der Waals surface area contributed by atoms with Crippen molar-refractivity contribution >= 4 is 10.0 Å². The van der Waals surface area contributed by atoms with Crippen LogP contribution in [0.1, 0.15) is 5.56 Å². The second-order valence-electron chi connectivity index (χ2n) is 4.03. The molecule has 0 amide bonds. The molecule has 1 aromatic rings. The van der Waals surface area contributed by atoms with Gasteiger partial charge in [0, 0.05) is 13.1 Å². The molecular weight excluding hydrogens is 268 g/mol. The Morgan fingerprint density at radius 3 is 2.00 bits per heavy atom. The van der Waals surface area contributed by atoms with Gasteiger partial charge in [-0.05, 0) is 30.7 Å². The van der Waals surface area contributed by atoms with E-state index in [1.165, 1.54) is 12.1 Å². The van der Waals surface area contributed by atoms with Crippen LogP contribution in [0.25, 0.3) is 0 Å². The van der Waals surface area contributed by atoms with Crippen molar-refractivity contribution in [2.45, 2.75) is 11.3 Å². The zero-order valence-electron chi connectivity index (χ0n) is 10.7. The van der Waals surface area contributed by atoms with E-state index in [1.54, 1.807) is 12.1 Å². The zero-order valence-corrected chi connectivity index (χ0v) is 11.5. The second-order valence-corrected chi connectivity index (χ2v) is 5.97. The van der Waals surface area contributed by atoms with Crippen molar-refractivity contribution in [3.8, 4) is 0 Å². The Kier molecular flexibility index (Phi) is 6.40. The molecule has 0 bridgehead atoms. The van der Waals surface area contributed by atoms with Gasteiger partial charge >= 0.3 is 0 Å². The van der Waals surface area contributed by atoms with Gasteiger partial charge in [0.15, 0.2) is 0 Å². The Balaban J connectivity index is 2.96. The lowest BCUT2D eigenvalue weighted by molar-refractivity contribution is 0.217. The van der Waals surface area contributed by atoms with Gasteiger partial charge in [0.05, 0.1) is 18.1 Å². The Bertz CT molecular complexity index is 467. The largest absolute Gasteiger partial charge is 0.395 e. The van der Waals surface area contributed by atoms with E-state index in [-0.39, 0.29) is 31.2 Å². The molecule has 0 fully saturated rings. The Labute approximate surface area is 113 Å². The molecular formula is C12H20N2O4S. The second kappa shape index (κ2) is 7.56. The molecule has 0 aromatic heterocycles. The fourth-order valence-electron chi connectivity index (χ4n) is 1.72. The summed E-state index contributed by atoms with van der Waals surface area (Å²) in [6, 6.07) is 6.47. The number of rotatable bonds is 8. The van der Waals surface area contributed by atoms with E-state index in [2.05, 4.69) is 0 Å². The number of nitrogens with two attached hydrogens (primary N) is 1. The minimum Gasteiger partial charge on any atom is -0.395 e. The van der Waals surface area contributed by atoms with Crippen LogP contribution in [0.4, 0.5) is 0 Å². The van der Waals surface area contributed by atoms with Crippen molar-refractivity contribution < 1.29 is 18.6 Å². The van der Waals surface area contributed by atoms with Crippen LogP contribution >= 0.6 is 0 Å². The zero-order chi connectivity index (χ0) is 14.3. The first kappa shape index (κ1) is 16.1. The van der Waals surface area contributed by atoms with Crippen molar-refractivity contribution in [1.82, 2.24) is 4.31 Å². The van der Waals surface area contributed by atoms with Crippen molar-refractivity contribution in [2.75, 3.05) is 32.8 Å². The molecule has 1 rings (SSSR count). The molecule has 0 aliphatic carbocycles. The summed E-state index contributed by atoms with van der Waals surface area (Å²) >= 11 is 0. The maximum Gasteiger partial charge on any atom is 0.243 e. The molecule has 4 N–H and O–H groups in total. The van der Waals surface area contributed by atoms with E-state index in [0.717, 1.165) is 9.87 Å². The fourth-order valence-corrected chi connectivity index (χ4v) is 3.14. The lowest BCUT2D eigenvalue weighted by atomic mass is 10.2. The highest BCUT2D eigenvalue weighted by molar-refractivity contribution is 7.89. The highest BCUT2D eigenvalue weighted by Crippen LogP contribution is 2.16. The summed E-state index contributed by atoms with van der Waals surface area (Å²) in [6.07, 6.45) is 0.692. The molecule has 0 aliphatic heterocycles. The van der Waals surface area contributed by atoms with E-state index in [1.807, 2.05) is 0 Å². The highest BCUT2D eigenvalue weighted by atomic mass is 32.2. The predicted octanol–water partition coefficient (Wildman–Crippen LogP) is -0.837. The van der Waals surface area contributed by atoms with Gasteiger partial charge in [-0.2, -0.15) is 4.31 Å². The quantitative estimate of drug-likeness (QED) is 0.579. The summed E-state index contributed by atoms with van der Waals surface area (Å²) in [5.74, 6) is 0. The van der Waals surface area contributed by atoms with Crippen LogP contribution in [0, 0.1) is 0 Å². The summed E-state index contributed by atoms with van der Waals surface area (Å²) in [6.45, 7) is -0.136. The van der Waals surface area contributed by atoms with Gasteiger partial charge < -0.3 is 15.9 Å². The number of benzene rings is 1. The van der Waals surface area contributed by atoms with Crippen LogP contribution in [0.2, 0.25) is 0 Å². The lowest BCUT2D eigenvalue weighted by Crippen LogP contribution is -2.35. The topological polar surface area (TPSA) is 104 Å². The van der Waals surface area contributed by atoms with Crippen LogP contribution in [0.5, 0.6) is 0 Å². The van der Waals surface area contributed by atoms with Gasteiger partial charge in [-0.25, -0.2) is 8.42 Å². The van der Waals surface area contributed by atoms with Crippen LogP contribution in [-0.2, 0) is 16.4 Å². The number of sulfonamides is 1. The normalized spacial score (nSPS) is 12.0. The van der Waals surface area contributed by atoms with Gasteiger partial charge in [0.1, 0.15) is 0 Å². The first-order chi connectivity index (χ1) is 9.06. The van der Waals surface area contributed by atoms with Crippen LogP contribution < -0.4 is 5.73 Å². The van der Waals surface area contributed by atoms with E-state index < -0.39 is 10.0 Å². The monoisotopic (exact) mass is 288 g/mol. The van der Waals surface area contributed by atoms with Gasteiger partial charge in [-0.3, -0.25) is 0 Å². The first-order valence-electron chi connectivity index (χ1n) is 6.07. The molecule has 108 valence electrons. The number of aliphatic hydroxyl groups is 2. The molecule has 7 heteroatoms. The van der Waals surface area contributed by atoms with Gasteiger partial charge in [0.25, 0.3) is 0 Å². The molecule has 6 nitrogen and oxygen atoms in total. The molecule has 0 aliphatic rings. The number of aliphatic hydroxyl groups excluding tert-OH is 2. The molecule has 0 atom stereocenters. The van der Waals surface area contributed by atoms with Crippen molar-refractivity contribution in [2.24, 2.45) is 5.73 Å². The lowest BCUT2D eigenvalue weighted by Gasteiger charge is -2.20. The van der Waals surface area contributed by atoms with Crippen LogP contribution in [0.15, 0.2) is 29.2 Å². The Morgan fingerprint density at radius 2 is 1.58 bits per heavy atom. The minimum absolute atomic E-state index is 0.0343. The average molecular weight is 288 g/mol. The molecule has 0 unspecified atom stereocenters. The van der Waals surface area contributed by atoms with E-state index in [9.17, 15) is 8.42 Å². The summed E-state index contributed by atoms with van der Waals surface area (Å²) in [5, 5.41) is 17.8. The summed E-state index contributed by atoms with van der Waals surface area (Å²) in [4.78, 5) is 0.148. The van der Waals surface area contributed by atoms with E-state index >= 15 is 0 Å². The highest BCUT2D eigenvalue weighted by Gasteiger charge is 2.23. The van der Waals surface area contributed by atoms with E-state index in [0.29, 0.717) is 13.0 Å². The van der Waals surface area contributed by atoms with Crippen LogP contribution in [0.3, 0.4) is 0 Å². The summed E-state index contributed by atoms with van der Waals surface area (Å²) in [7, 11) is -3.67. The molecule has 0 saturated heterocycles. The first-order valence-corrected chi connectivity index (χ1v) is 7.51. The average Bonchev–Trinajstić information content (AvgIpc) is 2.39. The Morgan fingerprint density at radius 1 is 1.05 bits per heavy atom. The standard InChI is InChI=1S/C12H20N2O4S/c13-6-5-11-1-3-12(4-2-11)19(17,18)14(7-9-15)8-10-16/h1-4,15-16H,5-10,13H2. The predicted molar refractivity (Wildman–Crippen MR) is 72.1 cm³/mol. The van der Waals surface area contributed by atoms with Crippen molar-refractivity contribution in [1.29, 1.82) is 0 Å². The number of hydrogen-bond donors (Lipinski definition) is 3. The third-order valence-corrected chi connectivity index (χ3v) is 4.61. The maximum absolute atomic E-state index is 12.3. The van der Waals surface area contributed by atoms with E-state index in [4.69, 9.17) is 15.9 Å². The maximum atomic E-state index is 12.3. The molecule has 19 heavy (non-hydrogen) atoms. The molecule has 0 radical (unpaired) electrons. The number of hydrogen-bond acceptors (Lipinski definition) is 5. The number of nitrogens with zero attached hydrogens (tertiary/aromatic N) is 1. The fraction of sp³-hybridized carbons (Fsp3) is 0.500. The molecule has 0 heterocycles. The Hall–Kier alpha value is -0.990. The third kappa shape index (κ3) is 4.26. The summed E-state index contributed by atoms with van der Waals surface area (Å²) in [5.41, 5.74) is 6.40. The van der Waals surface area contributed by atoms with Crippen molar-refractivity contribution in [3.05, 3.63) is 29.8 Å². The smallest absolute Gasteiger partial charge is 0.243 e. The minimum atomic E-state index is -3.67.